The van der Waals surface area contributed by atoms with E-state index < -0.39 is 11.4 Å². The number of fused-ring (bicyclic) bond motifs is 1. The third-order valence-electron chi connectivity index (χ3n) is 5.19. The van der Waals surface area contributed by atoms with Gasteiger partial charge in [0.15, 0.2) is 0 Å². The third kappa shape index (κ3) is 4.56. The summed E-state index contributed by atoms with van der Waals surface area (Å²) in [4.78, 5) is 29.7. The number of ether oxygens (including phenoxy) is 2. The van der Waals surface area contributed by atoms with Gasteiger partial charge in [0.2, 0.25) is 0 Å². The first-order chi connectivity index (χ1) is 16.5. The number of benzene rings is 2. The molecule has 0 aliphatic carbocycles. The standard InChI is InChI=1S/C24H25ClN4O5/c1-4-7-8-15-13-18(20(33-6-3)14-19(15)32-5-2)21-27-29-23(34-21)26-22(30)28(24(29)31)17-11-9-16(25)10-12-17/h9-14H,4-8H2,1-3H3. The molecule has 2 aromatic heterocycles. The number of nitrogens with zero attached hydrogens (tertiary/aromatic N) is 4. The molecule has 4 rings (SSSR count). The van der Waals surface area contributed by atoms with Crippen molar-refractivity contribution < 1.29 is 13.9 Å². The van der Waals surface area contributed by atoms with E-state index in [0.717, 1.165) is 39.7 Å². The molecule has 0 atom stereocenters. The highest BCUT2D eigenvalue weighted by Gasteiger charge is 2.21. The average Bonchev–Trinajstić information content (AvgIpc) is 3.24. The molecule has 0 saturated heterocycles. The minimum atomic E-state index is -0.782. The average molecular weight is 485 g/mol. The number of hydrogen-bond acceptors (Lipinski definition) is 7. The summed E-state index contributed by atoms with van der Waals surface area (Å²) in [6, 6.07) is 9.98. The zero-order valence-corrected chi connectivity index (χ0v) is 20.0. The maximum Gasteiger partial charge on any atom is 0.362 e. The lowest BCUT2D eigenvalue weighted by molar-refractivity contribution is 0.321. The van der Waals surface area contributed by atoms with Gasteiger partial charge in [0.05, 0.1) is 24.5 Å². The number of rotatable bonds is 9. The highest BCUT2D eigenvalue weighted by Crippen LogP contribution is 2.36. The first-order valence-corrected chi connectivity index (χ1v) is 11.6. The van der Waals surface area contributed by atoms with E-state index >= 15 is 0 Å². The first kappa shape index (κ1) is 23.6. The lowest BCUT2D eigenvalue weighted by Crippen LogP contribution is -2.38. The van der Waals surface area contributed by atoms with Crippen LogP contribution in [-0.2, 0) is 6.42 Å². The van der Waals surface area contributed by atoms with Gasteiger partial charge in [-0.3, -0.25) is 0 Å². The van der Waals surface area contributed by atoms with E-state index in [1.807, 2.05) is 26.0 Å². The van der Waals surface area contributed by atoms with E-state index in [2.05, 4.69) is 17.0 Å². The van der Waals surface area contributed by atoms with Gasteiger partial charge in [-0.2, -0.15) is 0 Å². The SMILES string of the molecule is CCCCc1cc(-c2nn3c(=O)n(-c4ccc(Cl)cc4)c(=O)nc3o2)c(OCC)cc1OCC. The monoisotopic (exact) mass is 484 g/mol. The van der Waals surface area contributed by atoms with Crippen molar-refractivity contribution in [3.8, 4) is 28.6 Å². The minimum Gasteiger partial charge on any atom is -0.493 e. The maximum atomic E-state index is 13.1. The Morgan fingerprint density at radius 3 is 2.38 bits per heavy atom. The van der Waals surface area contributed by atoms with E-state index in [0.29, 0.717) is 35.2 Å². The molecule has 34 heavy (non-hydrogen) atoms. The van der Waals surface area contributed by atoms with Gasteiger partial charge in [0, 0.05) is 11.1 Å². The van der Waals surface area contributed by atoms with Crippen LogP contribution in [0, 0.1) is 0 Å². The summed E-state index contributed by atoms with van der Waals surface area (Å²) >= 11 is 5.93. The lowest BCUT2D eigenvalue weighted by atomic mass is 10.0. The molecule has 10 heteroatoms. The normalized spacial score (nSPS) is 11.2. The van der Waals surface area contributed by atoms with Gasteiger partial charge in [0.1, 0.15) is 11.5 Å². The van der Waals surface area contributed by atoms with E-state index in [9.17, 15) is 9.59 Å². The fraction of sp³-hybridized carbons (Fsp3) is 0.333. The fourth-order valence-electron chi connectivity index (χ4n) is 3.61. The van der Waals surface area contributed by atoms with Crippen LogP contribution in [0.1, 0.15) is 39.2 Å². The molecule has 0 aliphatic heterocycles. The molecule has 0 N–H and O–H groups in total. The van der Waals surface area contributed by atoms with Crippen LogP contribution in [0.4, 0.5) is 0 Å². The Labute approximate surface area is 200 Å². The second-order valence-corrected chi connectivity index (χ2v) is 7.95. The van der Waals surface area contributed by atoms with Crippen molar-refractivity contribution >= 4 is 17.4 Å². The number of unbranched alkanes of at least 4 members (excludes halogenated alkanes) is 1. The summed E-state index contributed by atoms with van der Waals surface area (Å²) in [5.41, 5.74) is 0.360. The van der Waals surface area contributed by atoms with Gasteiger partial charge >= 0.3 is 17.2 Å². The van der Waals surface area contributed by atoms with Crippen molar-refractivity contribution in [3.63, 3.8) is 0 Å². The Morgan fingerprint density at radius 1 is 1.00 bits per heavy atom. The van der Waals surface area contributed by atoms with Crippen LogP contribution in [0.5, 0.6) is 11.5 Å². The van der Waals surface area contributed by atoms with Crippen molar-refractivity contribution in [2.75, 3.05) is 13.2 Å². The predicted molar refractivity (Wildman–Crippen MR) is 129 cm³/mol. The minimum absolute atomic E-state index is 0.113. The van der Waals surface area contributed by atoms with E-state index in [4.69, 9.17) is 25.5 Å². The van der Waals surface area contributed by atoms with Crippen LogP contribution in [0.2, 0.25) is 5.02 Å². The molecule has 2 heterocycles. The van der Waals surface area contributed by atoms with Crippen LogP contribution in [0.3, 0.4) is 0 Å². The molecule has 4 aromatic rings. The van der Waals surface area contributed by atoms with Gasteiger partial charge in [-0.25, -0.2) is 14.2 Å². The summed E-state index contributed by atoms with van der Waals surface area (Å²) in [5, 5.41) is 4.81. The van der Waals surface area contributed by atoms with Crippen molar-refractivity contribution in [3.05, 3.63) is 68.0 Å². The summed E-state index contributed by atoms with van der Waals surface area (Å²) in [5.74, 6) is 1.14. The fourth-order valence-corrected chi connectivity index (χ4v) is 3.73. The molecule has 0 radical (unpaired) electrons. The molecule has 0 amide bonds. The molecule has 0 saturated carbocycles. The summed E-state index contributed by atoms with van der Waals surface area (Å²) in [6.45, 7) is 6.83. The number of hydrogen-bond donors (Lipinski definition) is 0. The lowest BCUT2D eigenvalue weighted by Gasteiger charge is -2.15. The summed E-state index contributed by atoms with van der Waals surface area (Å²) in [6.07, 6.45) is 2.79. The second-order valence-electron chi connectivity index (χ2n) is 7.52. The van der Waals surface area contributed by atoms with Crippen molar-refractivity contribution in [1.82, 2.24) is 19.2 Å². The molecule has 178 valence electrons. The van der Waals surface area contributed by atoms with Crippen molar-refractivity contribution in [1.29, 1.82) is 0 Å². The van der Waals surface area contributed by atoms with Gasteiger partial charge < -0.3 is 13.9 Å². The smallest absolute Gasteiger partial charge is 0.362 e. The van der Waals surface area contributed by atoms with Crippen molar-refractivity contribution in [2.24, 2.45) is 0 Å². The molecule has 9 nitrogen and oxygen atoms in total. The zero-order valence-electron chi connectivity index (χ0n) is 19.2. The predicted octanol–water partition coefficient (Wildman–Crippen LogP) is 4.29. The first-order valence-electron chi connectivity index (χ1n) is 11.2. The van der Waals surface area contributed by atoms with E-state index in [1.165, 1.54) is 0 Å². The van der Waals surface area contributed by atoms with Crippen LogP contribution in [0.25, 0.3) is 23.0 Å². The number of halogens is 1. The molecular weight excluding hydrogens is 460 g/mol. The Kier molecular flexibility index (Phi) is 7.02. The Bertz CT molecular complexity index is 1420. The highest BCUT2D eigenvalue weighted by atomic mass is 35.5. The quantitative estimate of drug-likeness (QED) is 0.349. The molecular formula is C24H25ClN4O5. The van der Waals surface area contributed by atoms with Crippen LogP contribution in [0.15, 0.2) is 50.4 Å². The van der Waals surface area contributed by atoms with Crippen molar-refractivity contribution in [2.45, 2.75) is 40.0 Å². The second kappa shape index (κ2) is 10.1. The third-order valence-corrected chi connectivity index (χ3v) is 5.44. The van der Waals surface area contributed by atoms with Crippen LogP contribution in [-0.4, -0.2) is 32.4 Å². The van der Waals surface area contributed by atoms with Gasteiger partial charge in [-0.15, -0.1) is 14.6 Å². The molecule has 0 aliphatic rings. The summed E-state index contributed by atoms with van der Waals surface area (Å²) in [7, 11) is 0. The Morgan fingerprint density at radius 2 is 1.71 bits per heavy atom. The number of aryl methyl sites for hydroxylation is 1. The van der Waals surface area contributed by atoms with Gasteiger partial charge in [-0.05, 0) is 62.6 Å². The highest BCUT2D eigenvalue weighted by molar-refractivity contribution is 6.30. The van der Waals surface area contributed by atoms with E-state index in [-0.39, 0.29) is 11.7 Å². The molecule has 0 spiro atoms. The Hall–Kier alpha value is -3.59. The maximum absolute atomic E-state index is 13.1. The number of aromatic nitrogens is 4. The van der Waals surface area contributed by atoms with Gasteiger partial charge in [0.25, 0.3) is 5.89 Å². The topological polar surface area (TPSA) is 101 Å². The van der Waals surface area contributed by atoms with Crippen LogP contribution < -0.4 is 20.9 Å². The molecule has 2 aromatic carbocycles. The largest absolute Gasteiger partial charge is 0.493 e. The molecule has 0 unspecified atom stereocenters. The molecule has 0 fully saturated rings. The van der Waals surface area contributed by atoms with Gasteiger partial charge in [-0.1, -0.05) is 24.9 Å². The van der Waals surface area contributed by atoms with E-state index in [1.54, 1.807) is 24.3 Å². The zero-order chi connectivity index (χ0) is 24.2. The molecule has 0 bridgehead atoms. The summed E-state index contributed by atoms with van der Waals surface area (Å²) < 4.78 is 19.3. The Balaban J connectivity index is 1.89. The van der Waals surface area contributed by atoms with Crippen LogP contribution >= 0.6 is 11.6 Å².